The maximum absolute atomic E-state index is 14.8. The Morgan fingerprint density at radius 3 is 2.56 bits per heavy atom. The van der Waals surface area contributed by atoms with Crippen molar-refractivity contribution >= 4 is 29.5 Å². The molecule has 1 saturated heterocycles. The third kappa shape index (κ3) is 4.26. The summed E-state index contributed by atoms with van der Waals surface area (Å²) in [4.78, 5) is 9.30. The van der Waals surface area contributed by atoms with Crippen molar-refractivity contribution < 1.29 is 4.39 Å². The van der Waals surface area contributed by atoms with E-state index in [9.17, 15) is 4.39 Å². The summed E-state index contributed by atoms with van der Waals surface area (Å²) in [7, 11) is 0. The standard InChI is InChI=1S/C20H19FN4S2/c21-17-11-14(5-6-16(17)18-12-24-20(22)13-23-18)15-3-1-2-4-19(15)27-25-7-9-26-10-8-25/h1-6,11-13H,7-10H2,(H2,22,24). The molecule has 0 aliphatic carbocycles. The maximum atomic E-state index is 14.8. The summed E-state index contributed by atoms with van der Waals surface area (Å²) in [5, 5.41) is 0. The third-order valence-electron chi connectivity index (χ3n) is 4.31. The van der Waals surface area contributed by atoms with Gasteiger partial charge in [0.25, 0.3) is 0 Å². The van der Waals surface area contributed by atoms with E-state index in [1.54, 1.807) is 24.1 Å². The number of aromatic nitrogens is 2. The van der Waals surface area contributed by atoms with Crippen LogP contribution in [0.2, 0.25) is 0 Å². The van der Waals surface area contributed by atoms with Crippen molar-refractivity contribution in [2.75, 3.05) is 30.3 Å². The SMILES string of the molecule is Nc1cnc(-c2ccc(-c3ccccc3SN3CCSCC3)cc2F)cn1. The zero-order valence-electron chi connectivity index (χ0n) is 14.6. The molecule has 3 aromatic rings. The average molecular weight is 399 g/mol. The minimum absolute atomic E-state index is 0.317. The van der Waals surface area contributed by atoms with Gasteiger partial charge in [0.15, 0.2) is 0 Å². The van der Waals surface area contributed by atoms with Gasteiger partial charge in [0.05, 0.1) is 18.1 Å². The van der Waals surface area contributed by atoms with E-state index in [1.165, 1.54) is 12.4 Å². The van der Waals surface area contributed by atoms with Crippen LogP contribution >= 0.6 is 23.7 Å². The van der Waals surface area contributed by atoms with E-state index in [2.05, 4.69) is 20.3 Å². The Morgan fingerprint density at radius 1 is 1.00 bits per heavy atom. The summed E-state index contributed by atoms with van der Waals surface area (Å²) in [6.07, 6.45) is 2.93. The fraction of sp³-hybridized carbons (Fsp3) is 0.200. The van der Waals surface area contributed by atoms with E-state index in [0.29, 0.717) is 17.1 Å². The molecule has 0 saturated carbocycles. The van der Waals surface area contributed by atoms with Gasteiger partial charge in [0.2, 0.25) is 0 Å². The Morgan fingerprint density at radius 2 is 1.81 bits per heavy atom. The van der Waals surface area contributed by atoms with E-state index < -0.39 is 0 Å². The highest BCUT2D eigenvalue weighted by Crippen LogP contribution is 2.35. The van der Waals surface area contributed by atoms with Crippen molar-refractivity contribution in [3.63, 3.8) is 0 Å². The van der Waals surface area contributed by atoms with Crippen LogP contribution in [0.15, 0.2) is 59.8 Å². The number of thioether (sulfide) groups is 1. The van der Waals surface area contributed by atoms with Gasteiger partial charge in [-0.05, 0) is 41.3 Å². The largest absolute Gasteiger partial charge is 0.382 e. The van der Waals surface area contributed by atoms with E-state index in [-0.39, 0.29) is 5.82 Å². The highest BCUT2D eigenvalue weighted by Gasteiger charge is 2.15. The first-order valence-electron chi connectivity index (χ1n) is 8.68. The molecule has 1 aliphatic heterocycles. The van der Waals surface area contributed by atoms with Crippen LogP contribution in [0, 0.1) is 5.82 Å². The molecule has 2 heterocycles. The fourth-order valence-electron chi connectivity index (χ4n) is 2.93. The number of nitrogens with zero attached hydrogens (tertiary/aromatic N) is 3. The summed E-state index contributed by atoms with van der Waals surface area (Å²) in [6, 6.07) is 13.4. The minimum Gasteiger partial charge on any atom is -0.382 e. The van der Waals surface area contributed by atoms with Crippen molar-refractivity contribution in [2.45, 2.75) is 4.90 Å². The molecule has 4 nitrogen and oxygen atoms in total. The maximum Gasteiger partial charge on any atom is 0.141 e. The second-order valence-electron chi connectivity index (χ2n) is 6.15. The number of benzene rings is 2. The van der Waals surface area contributed by atoms with E-state index in [1.807, 2.05) is 36.0 Å². The highest BCUT2D eigenvalue weighted by atomic mass is 32.2. The molecule has 27 heavy (non-hydrogen) atoms. The Labute approximate surface area is 166 Å². The van der Waals surface area contributed by atoms with Crippen LogP contribution < -0.4 is 5.73 Å². The summed E-state index contributed by atoms with van der Waals surface area (Å²) in [6.45, 7) is 2.12. The molecule has 0 bridgehead atoms. The Balaban J connectivity index is 1.64. The van der Waals surface area contributed by atoms with E-state index in [4.69, 9.17) is 5.73 Å². The molecule has 7 heteroatoms. The molecular formula is C20H19FN4S2. The summed E-state index contributed by atoms with van der Waals surface area (Å²) in [5.41, 5.74) is 8.35. The van der Waals surface area contributed by atoms with Crippen molar-refractivity contribution in [1.29, 1.82) is 0 Å². The van der Waals surface area contributed by atoms with E-state index >= 15 is 0 Å². The number of anilines is 1. The zero-order valence-corrected chi connectivity index (χ0v) is 16.3. The first kappa shape index (κ1) is 18.3. The Bertz CT molecular complexity index is 928. The molecule has 0 spiro atoms. The summed E-state index contributed by atoms with van der Waals surface area (Å²) < 4.78 is 17.2. The van der Waals surface area contributed by atoms with Crippen LogP contribution in [0.25, 0.3) is 22.4 Å². The number of halogens is 1. The monoisotopic (exact) mass is 398 g/mol. The molecular weight excluding hydrogens is 379 g/mol. The number of nitrogen functional groups attached to an aromatic ring is 1. The van der Waals surface area contributed by atoms with Crippen LogP contribution in [0.1, 0.15) is 0 Å². The lowest BCUT2D eigenvalue weighted by Gasteiger charge is -2.25. The van der Waals surface area contributed by atoms with Crippen LogP contribution in [0.3, 0.4) is 0 Å². The average Bonchev–Trinajstić information content (AvgIpc) is 2.70. The molecule has 2 aromatic carbocycles. The molecule has 0 unspecified atom stereocenters. The number of hydrogen-bond acceptors (Lipinski definition) is 6. The fourth-order valence-corrected chi connectivity index (χ4v) is 5.13. The molecule has 4 rings (SSSR count). The predicted octanol–water partition coefficient (Wildman–Crippen LogP) is 4.59. The number of nitrogens with two attached hydrogens (primary N) is 1. The molecule has 1 aromatic heterocycles. The van der Waals surface area contributed by atoms with Crippen LogP contribution in [0.5, 0.6) is 0 Å². The predicted molar refractivity (Wildman–Crippen MR) is 112 cm³/mol. The minimum atomic E-state index is -0.319. The van der Waals surface area contributed by atoms with Crippen LogP contribution in [-0.2, 0) is 0 Å². The molecule has 0 radical (unpaired) electrons. The van der Waals surface area contributed by atoms with Gasteiger partial charge in [0, 0.05) is 35.1 Å². The number of rotatable bonds is 4. The third-order valence-corrected chi connectivity index (χ3v) is 6.43. The Kier molecular flexibility index (Phi) is 5.61. The second kappa shape index (κ2) is 8.29. The van der Waals surface area contributed by atoms with Gasteiger partial charge in [-0.1, -0.05) is 24.3 Å². The molecule has 1 fully saturated rings. The van der Waals surface area contributed by atoms with Crippen molar-refractivity contribution in [3.05, 3.63) is 60.7 Å². The van der Waals surface area contributed by atoms with Gasteiger partial charge >= 0.3 is 0 Å². The highest BCUT2D eigenvalue weighted by molar-refractivity contribution is 8.00. The van der Waals surface area contributed by atoms with Gasteiger partial charge < -0.3 is 5.73 Å². The molecule has 0 amide bonds. The number of hydrogen-bond donors (Lipinski definition) is 1. The van der Waals surface area contributed by atoms with Gasteiger partial charge in [-0.25, -0.2) is 13.7 Å². The lowest BCUT2D eigenvalue weighted by Crippen LogP contribution is -2.26. The first-order valence-corrected chi connectivity index (χ1v) is 10.6. The normalized spacial score (nSPS) is 15.0. The van der Waals surface area contributed by atoms with Gasteiger partial charge in [-0.3, -0.25) is 4.98 Å². The summed E-state index contributed by atoms with van der Waals surface area (Å²) in [5.74, 6) is 2.31. The topological polar surface area (TPSA) is 55.0 Å². The van der Waals surface area contributed by atoms with Gasteiger partial charge in [-0.15, -0.1) is 0 Å². The lowest BCUT2D eigenvalue weighted by atomic mass is 10.0. The van der Waals surface area contributed by atoms with Crippen LogP contribution in [-0.4, -0.2) is 38.9 Å². The molecule has 1 aliphatic rings. The molecule has 138 valence electrons. The molecule has 2 N–H and O–H groups in total. The van der Waals surface area contributed by atoms with Crippen molar-refractivity contribution in [2.24, 2.45) is 0 Å². The van der Waals surface area contributed by atoms with Gasteiger partial charge in [-0.2, -0.15) is 11.8 Å². The van der Waals surface area contributed by atoms with Crippen LogP contribution in [0.4, 0.5) is 10.2 Å². The quantitative estimate of drug-likeness (QED) is 0.649. The first-order chi connectivity index (χ1) is 13.2. The second-order valence-corrected chi connectivity index (χ2v) is 8.51. The summed E-state index contributed by atoms with van der Waals surface area (Å²) >= 11 is 3.74. The molecule has 0 atom stereocenters. The van der Waals surface area contributed by atoms with Gasteiger partial charge in [0.1, 0.15) is 11.6 Å². The van der Waals surface area contributed by atoms with E-state index in [0.717, 1.165) is 40.6 Å². The lowest BCUT2D eigenvalue weighted by molar-refractivity contribution is 0.522. The van der Waals surface area contributed by atoms with Crippen molar-refractivity contribution in [3.8, 4) is 22.4 Å². The zero-order chi connectivity index (χ0) is 18.6. The van der Waals surface area contributed by atoms with Crippen molar-refractivity contribution in [1.82, 2.24) is 14.3 Å². The smallest absolute Gasteiger partial charge is 0.141 e. The Hall–Kier alpha value is -2.09.